The van der Waals surface area contributed by atoms with E-state index in [-0.39, 0.29) is 5.91 Å². The van der Waals surface area contributed by atoms with E-state index in [1.54, 1.807) is 19.6 Å². The zero-order valence-electron chi connectivity index (χ0n) is 13.6. The zero-order valence-corrected chi connectivity index (χ0v) is 13.6. The monoisotopic (exact) mass is 317 g/mol. The van der Waals surface area contributed by atoms with E-state index in [2.05, 4.69) is 15.3 Å². The van der Waals surface area contributed by atoms with Crippen LogP contribution in [0.15, 0.2) is 30.7 Å². The van der Waals surface area contributed by atoms with Gasteiger partial charge in [-0.1, -0.05) is 6.07 Å². The summed E-state index contributed by atoms with van der Waals surface area (Å²) >= 11 is 0. The molecule has 0 spiro atoms. The third-order valence-electron chi connectivity index (χ3n) is 3.44. The second-order valence-electron chi connectivity index (χ2n) is 5.10. The molecule has 0 saturated carbocycles. The van der Waals surface area contributed by atoms with Crippen LogP contribution in [0.2, 0.25) is 0 Å². The quantitative estimate of drug-likeness (QED) is 0.742. The Bertz CT molecular complexity index is 612. The summed E-state index contributed by atoms with van der Waals surface area (Å²) in [5.74, 6) is 1.46. The molecule has 0 aliphatic heterocycles. The fourth-order valence-corrected chi connectivity index (χ4v) is 2.25. The average molecular weight is 317 g/mol. The second-order valence-corrected chi connectivity index (χ2v) is 5.10. The van der Waals surface area contributed by atoms with Crippen molar-refractivity contribution in [2.45, 2.75) is 26.2 Å². The summed E-state index contributed by atoms with van der Waals surface area (Å²) in [4.78, 5) is 18.8. The lowest BCUT2D eigenvalue weighted by Gasteiger charge is -2.11. The standard InChI is InChI=1S/C17H23N3O3/c1-3-23-15-6-4-13(10-16(15)22-2)5-7-17(21)19-9-8-14-11-18-12-20-14/h4,6,10-12H,3,5,7-9H2,1-2H3,(H,18,20)(H,19,21). The van der Waals surface area contributed by atoms with Crippen molar-refractivity contribution in [2.24, 2.45) is 0 Å². The molecule has 0 aliphatic rings. The summed E-state index contributed by atoms with van der Waals surface area (Å²) in [6, 6.07) is 5.77. The topological polar surface area (TPSA) is 76.2 Å². The van der Waals surface area contributed by atoms with Crippen LogP contribution in [0.5, 0.6) is 11.5 Å². The number of ether oxygens (including phenoxy) is 2. The van der Waals surface area contributed by atoms with Crippen LogP contribution >= 0.6 is 0 Å². The number of nitrogens with zero attached hydrogens (tertiary/aromatic N) is 1. The van der Waals surface area contributed by atoms with E-state index in [1.807, 2.05) is 25.1 Å². The molecule has 0 bridgehead atoms. The number of rotatable bonds is 9. The molecule has 0 unspecified atom stereocenters. The van der Waals surface area contributed by atoms with E-state index in [4.69, 9.17) is 9.47 Å². The molecule has 124 valence electrons. The molecule has 2 aromatic rings. The Kier molecular flexibility index (Phi) is 6.47. The van der Waals surface area contributed by atoms with Crippen molar-refractivity contribution in [2.75, 3.05) is 20.3 Å². The van der Waals surface area contributed by atoms with Crippen molar-refractivity contribution in [3.05, 3.63) is 42.0 Å². The first-order chi connectivity index (χ1) is 11.2. The number of aryl methyl sites for hydroxylation is 1. The first kappa shape index (κ1) is 16.9. The molecular formula is C17H23N3O3. The number of imidazole rings is 1. The Hall–Kier alpha value is -2.50. The third-order valence-corrected chi connectivity index (χ3v) is 3.44. The number of hydrogen-bond acceptors (Lipinski definition) is 4. The second kappa shape index (κ2) is 8.82. The smallest absolute Gasteiger partial charge is 0.220 e. The van der Waals surface area contributed by atoms with Crippen LogP contribution in [0, 0.1) is 0 Å². The minimum Gasteiger partial charge on any atom is -0.493 e. The number of aromatic nitrogens is 2. The molecule has 0 fully saturated rings. The first-order valence-electron chi connectivity index (χ1n) is 7.76. The number of aromatic amines is 1. The zero-order chi connectivity index (χ0) is 16.5. The predicted octanol–water partition coefficient (Wildman–Crippen LogP) is 2.11. The molecule has 6 heteroatoms. The normalized spacial score (nSPS) is 10.3. The van der Waals surface area contributed by atoms with Crippen molar-refractivity contribution in [1.82, 2.24) is 15.3 Å². The van der Waals surface area contributed by atoms with Crippen LogP contribution < -0.4 is 14.8 Å². The van der Waals surface area contributed by atoms with Crippen molar-refractivity contribution in [3.8, 4) is 11.5 Å². The van der Waals surface area contributed by atoms with E-state index in [0.29, 0.717) is 31.7 Å². The highest BCUT2D eigenvalue weighted by atomic mass is 16.5. The van der Waals surface area contributed by atoms with Gasteiger partial charge >= 0.3 is 0 Å². The molecule has 23 heavy (non-hydrogen) atoms. The molecule has 0 radical (unpaired) electrons. The Labute approximate surface area is 136 Å². The molecule has 1 aromatic carbocycles. The van der Waals surface area contributed by atoms with Crippen LogP contribution in [0.3, 0.4) is 0 Å². The van der Waals surface area contributed by atoms with Gasteiger partial charge in [-0.3, -0.25) is 4.79 Å². The highest BCUT2D eigenvalue weighted by molar-refractivity contribution is 5.76. The van der Waals surface area contributed by atoms with Crippen molar-refractivity contribution < 1.29 is 14.3 Å². The number of amides is 1. The molecule has 0 saturated heterocycles. The van der Waals surface area contributed by atoms with Gasteiger partial charge in [0.05, 0.1) is 20.0 Å². The van der Waals surface area contributed by atoms with Crippen LogP contribution in [0.1, 0.15) is 24.6 Å². The molecule has 6 nitrogen and oxygen atoms in total. The maximum absolute atomic E-state index is 11.9. The van der Waals surface area contributed by atoms with Crippen LogP contribution in [-0.2, 0) is 17.6 Å². The maximum Gasteiger partial charge on any atom is 0.220 e. The van der Waals surface area contributed by atoms with Gasteiger partial charge in [-0.2, -0.15) is 0 Å². The number of H-pyrrole nitrogens is 1. The van der Waals surface area contributed by atoms with Gasteiger partial charge < -0.3 is 19.8 Å². The van der Waals surface area contributed by atoms with Gasteiger partial charge in [0, 0.05) is 31.3 Å². The van der Waals surface area contributed by atoms with Gasteiger partial charge in [-0.05, 0) is 31.0 Å². The SMILES string of the molecule is CCOc1ccc(CCC(=O)NCCc2cnc[nH]2)cc1OC. The summed E-state index contributed by atoms with van der Waals surface area (Å²) in [5, 5.41) is 2.91. The Morgan fingerprint density at radius 3 is 2.87 bits per heavy atom. The van der Waals surface area contributed by atoms with E-state index >= 15 is 0 Å². The van der Waals surface area contributed by atoms with Gasteiger partial charge in [0.25, 0.3) is 0 Å². The summed E-state index contributed by atoms with van der Waals surface area (Å²) in [6.07, 6.45) is 5.26. The summed E-state index contributed by atoms with van der Waals surface area (Å²) in [5.41, 5.74) is 2.07. The number of hydrogen-bond donors (Lipinski definition) is 2. The molecule has 2 N–H and O–H groups in total. The predicted molar refractivity (Wildman–Crippen MR) is 87.8 cm³/mol. The third kappa shape index (κ3) is 5.32. The average Bonchev–Trinajstić information content (AvgIpc) is 3.07. The lowest BCUT2D eigenvalue weighted by atomic mass is 10.1. The van der Waals surface area contributed by atoms with Gasteiger partial charge in [0.15, 0.2) is 11.5 Å². The number of carbonyl (C=O) groups is 1. The Morgan fingerprint density at radius 1 is 1.30 bits per heavy atom. The van der Waals surface area contributed by atoms with Crippen molar-refractivity contribution in [1.29, 1.82) is 0 Å². The van der Waals surface area contributed by atoms with Gasteiger partial charge in [0.1, 0.15) is 0 Å². The van der Waals surface area contributed by atoms with Gasteiger partial charge in [0.2, 0.25) is 5.91 Å². The van der Waals surface area contributed by atoms with Crippen LogP contribution in [0.25, 0.3) is 0 Å². The summed E-state index contributed by atoms with van der Waals surface area (Å²) in [6.45, 7) is 3.13. The van der Waals surface area contributed by atoms with Crippen LogP contribution in [0.4, 0.5) is 0 Å². The molecule has 0 aliphatic carbocycles. The van der Waals surface area contributed by atoms with Crippen molar-refractivity contribution in [3.63, 3.8) is 0 Å². The number of nitrogens with one attached hydrogen (secondary N) is 2. The van der Waals surface area contributed by atoms with Crippen molar-refractivity contribution >= 4 is 5.91 Å². The number of carbonyl (C=O) groups excluding carboxylic acids is 1. The largest absolute Gasteiger partial charge is 0.493 e. The molecular weight excluding hydrogens is 294 g/mol. The van der Waals surface area contributed by atoms with E-state index in [9.17, 15) is 4.79 Å². The Balaban J connectivity index is 1.77. The maximum atomic E-state index is 11.9. The number of methoxy groups -OCH3 is 1. The minimum atomic E-state index is 0.0392. The van der Waals surface area contributed by atoms with E-state index in [0.717, 1.165) is 23.4 Å². The highest BCUT2D eigenvalue weighted by Gasteiger charge is 2.07. The highest BCUT2D eigenvalue weighted by Crippen LogP contribution is 2.28. The lowest BCUT2D eigenvalue weighted by Crippen LogP contribution is -2.25. The fraction of sp³-hybridized carbons (Fsp3) is 0.412. The molecule has 1 heterocycles. The van der Waals surface area contributed by atoms with Gasteiger partial charge in [-0.15, -0.1) is 0 Å². The van der Waals surface area contributed by atoms with E-state index < -0.39 is 0 Å². The first-order valence-corrected chi connectivity index (χ1v) is 7.76. The minimum absolute atomic E-state index is 0.0392. The number of benzene rings is 1. The van der Waals surface area contributed by atoms with Gasteiger partial charge in [-0.25, -0.2) is 4.98 Å². The van der Waals surface area contributed by atoms with E-state index in [1.165, 1.54) is 0 Å². The molecule has 0 atom stereocenters. The summed E-state index contributed by atoms with van der Waals surface area (Å²) in [7, 11) is 1.61. The Morgan fingerprint density at radius 2 is 2.17 bits per heavy atom. The van der Waals surface area contributed by atoms with Crippen LogP contribution in [-0.4, -0.2) is 36.1 Å². The molecule has 1 amide bonds. The molecule has 2 rings (SSSR count). The lowest BCUT2D eigenvalue weighted by molar-refractivity contribution is -0.121. The fourth-order valence-electron chi connectivity index (χ4n) is 2.25. The summed E-state index contributed by atoms with van der Waals surface area (Å²) < 4.78 is 10.8. The molecule has 1 aromatic heterocycles.